The van der Waals surface area contributed by atoms with E-state index in [1.54, 1.807) is 6.92 Å². The molecular formula is C17H19F3N2O5. The second-order valence-corrected chi connectivity index (χ2v) is 6.21. The molecule has 2 aliphatic rings. The Morgan fingerprint density at radius 3 is 2.26 bits per heavy atom. The van der Waals surface area contributed by atoms with Gasteiger partial charge in [0.1, 0.15) is 0 Å². The summed E-state index contributed by atoms with van der Waals surface area (Å²) in [5.74, 6) is -4.24. The monoisotopic (exact) mass is 388 g/mol. The number of amides is 2. The number of esters is 1. The molecule has 1 aromatic rings. The number of carbonyl (C=O) groups excluding carboxylic acids is 2. The second-order valence-electron chi connectivity index (χ2n) is 6.21. The van der Waals surface area contributed by atoms with Crippen LogP contribution in [0, 0.1) is 5.92 Å². The molecule has 0 aliphatic carbocycles. The Labute approximate surface area is 153 Å². The molecule has 27 heavy (non-hydrogen) atoms. The van der Waals surface area contributed by atoms with Gasteiger partial charge in [-0.25, -0.2) is 4.79 Å². The zero-order valence-electron chi connectivity index (χ0n) is 14.5. The van der Waals surface area contributed by atoms with Gasteiger partial charge in [-0.1, -0.05) is 12.1 Å². The number of halogens is 3. The summed E-state index contributed by atoms with van der Waals surface area (Å²) in [5.41, 5.74) is 0. The van der Waals surface area contributed by atoms with Crippen molar-refractivity contribution < 1.29 is 37.0 Å². The summed E-state index contributed by atoms with van der Waals surface area (Å²) in [6.45, 7) is 2.19. The number of nitrogens with one attached hydrogen (secondary N) is 1. The Morgan fingerprint density at radius 2 is 1.78 bits per heavy atom. The SMILES string of the molecule is CCOC(=O)C1CCN(C(=O)NC2(C(F)(F)F)Oc3ccccc3O2)CC1. The van der Waals surface area contributed by atoms with Crippen LogP contribution in [0.2, 0.25) is 0 Å². The quantitative estimate of drug-likeness (QED) is 0.806. The van der Waals surface area contributed by atoms with Crippen LogP contribution in [0.1, 0.15) is 19.8 Å². The fourth-order valence-corrected chi connectivity index (χ4v) is 2.99. The van der Waals surface area contributed by atoms with Crippen LogP contribution in [-0.2, 0) is 9.53 Å². The lowest BCUT2D eigenvalue weighted by Gasteiger charge is -2.35. The molecule has 1 fully saturated rings. The van der Waals surface area contributed by atoms with Crippen LogP contribution in [0.15, 0.2) is 24.3 Å². The van der Waals surface area contributed by atoms with E-state index in [2.05, 4.69) is 0 Å². The number of urea groups is 1. The number of alkyl halides is 3. The topological polar surface area (TPSA) is 77.1 Å². The molecule has 1 saturated heterocycles. The van der Waals surface area contributed by atoms with Gasteiger partial charge in [-0.3, -0.25) is 10.1 Å². The van der Waals surface area contributed by atoms with Crippen LogP contribution in [0.3, 0.4) is 0 Å². The smallest absolute Gasteiger partial charge is 0.466 e. The molecule has 7 nitrogen and oxygen atoms in total. The van der Waals surface area contributed by atoms with E-state index >= 15 is 0 Å². The van der Waals surface area contributed by atoms with E-state index < -0.39 is 18.1 Å². The maximum atomic E-state index is 13.6. The number of likely N-dealkylation sites (tertiary alicyclic amines) is 1. The standard InChI is InChI=1S/C17H19F3N2O5/c1-2-25-14(23)11-7-9-22(10-8-11)15(24)21-17(16(18,19)20)26-12-5-3-4-6-13(12)27-17/h3-6,11H,2,7-10H2,1H3,(H,21,24). The molecule has 0 bridgehead atoms. The number of ether oxygens (including phenoxy) is 3. The van der Waals surface area contributed by atoms with Gasteiger partial charge in [0.15, 0.2) is 11.5 Å². The zero-order valence-corrected chi connectivity index (χ0v) is 14.5. The first kappa shape index (κ1) is 19.1. The number of fused-ring (bicyclic) bond motifs is 1. The third-order valence-corrected chi connectivity index (χ3v) is 4.40. The molecule has 1 aromatic carbocycles. The van der Waals surface area contributed by atoms with E-state index in [4.69, 9.17) is 14.2 Å². The first-order chi connectivity index (χ1) is 12.8. The average Bonchev–Trinajstić information content (AvgIpc) is 3.01. The van der Waals surface area contributed by atoms with Gasteiger partial charge in [-0.2, -0.15) is 13.2 Å². The van der Waals surface area contributed by atoms with Crippen molar-refractivity contribution in [1.29, 1.82) is 0 Å². The van der Waals surface area contributed by atoms with E-state index in [-0.39, 0.29) is 43.1 Å². The summed E-state index contributed by atoms with van der Waals surface area (Å²) in [5, 5.41) is 1.82. The third kappa shape index (κ3) is 3.74. The van der Waals surface area contributed by atoms with Crippen LogP contribution in [0.5, 0.6) is 11.5 Å². The third-order valence-electron chi connectivity index (χ3n) is 4.40. The predicted molar refractivity (Wildman–Crippen MR) is 85.9 cm³/mol. The number of hydrogen-bond donors (Lipinski definition) is 1. The van der Waals surface area contributed by atoms with Crippen molar-refractivity contribution in [3.05, 3.63) is 24.3 Å². The first-order valence-electron chi connectivity index (χ1n) is 8.53. The molecule has 2 aliphatic heterocycles. The van der Waals surface area contributed by atoms with Crippen LogP contribution < -0.4 is 14.8 Å². The molecule has 0 spiro atoms. The van der Waals surface area contributed by atoms with Crippen molar-refractivity contribution in [3.63, 3.8) is 0 Å². The molecule has 0 atom stereocenters. The summed E-state index contributed by atoms with van der Waals surface area (Å²) < 4.78 is 55.6. The molecular weight excluding hydrogens is 369 g/mol. The lowest BCUT2D eigenvalue weighted by molar-refractivity contribution is -0.318. The number of nitrogens with zero attached hydrogens (tertiary/aromatic N) is 1. The van der Waals surface area contributed by atoms with Gasteiger partial charge < -0.3 is 19.1 Å². The van der Waals surface area contributed by atoms with Crippen molar-refractivity contribution >= 4 is 12.0 Å². The van der Waals surface area contributed by atoms with Crippen LogP contribution in [-0.4, -0.2) is 48.7 Å². The molecule has 0 unspecified atom stereocenters. The molecule has 1 N–H and O–H groups in total. The maximum Gasteiger partial charge on any atom is 0.492 e. The number of piperidine rings is 1. The zero-order chi connectivity index (χ0) is 19.7. The fraction of sp³-hybridized carbons (Fsp3) is 0.529. The van der Waals surface area contributed by atoms with Crippen LogP contribution in [0.25, 0.3) is 0 Å². The molecule has 2 amide bonds. The average molecular weight is 388 g/mol. The molecule has 2 heterocycles. The number of hydrogen-bond acceptors (Lipinski definition) is 5. The number of para-hydroxylation sites is 2. The van der Waals surface area contributed by atoms with Crippen LogP contribution in [0.4, 0.5) is 18.0 Å². The van der Waals surface area contributed by atoms with E-state index in [9.17, 15) is 22.8 Å². The van der Waals surface area contributed by atoms with E-state index in [1.807, 2.05) is 5.32 Å². The Hall–Kier alpha value is -2.65. The summed E-state index contributed by atoms with van der Waals surface area (Å²) >= 11 is 0. The summed E-state index contributed by atoms with van der Waals surface area (Å²) in [6.07, 6.45) is -4.38. The number of carbonyl (C=O) groups is 2. The summed E-state index contributed by atoms with van der Waals surface area (Å²) in [4.78, 5) is 25.3. The van der Waals surface area contributed by atoms with E-state index in [0.29, 0.717) is 12.8 Å². The minimum absolute atomic E-state index is 0.115. The molecule has 0 saturated carbocycles. The Morgan fingerprint density at radius 1 is 1.22 bits per heavy atom. The maximum absolute atomic E-state index is 13.6. The Balaban J connectivity index is 1.66. The van der Waals surface area contributed by atoms with Crippen molar-refractivity contribution in [2.24, 2.45) is 5.92 Å². The van der Waals surface area contributed by atoms with Crippen molar-refractivity contribution in [2.45, 2.75) is 31.9 Å². The number of rotatable bonds is 3. The van der Waals surface area contributed by atoms with Gasteiger partial charge in [-0.15, -0.1) is 0 Å². The van der Waals surface area contributed by atoms with Crippen molar-refractivity contribution in [1.82, 2.24) is 10.2 Å². The van der Waals surface area contributed by atoms with Crippen LogP contribution >= 0.6 is 0 Å². The fourth-order valence-electron chi connectivity index (χ4n) is 2.99. The highest BCUT2D eigenvalue weighted by molar-refractivity contribution is 5.76. The minimum Gasteiger partial charge on any atom is -0.466 e. The van der Waals surface area contributed by atoms with Crippen molar-refractivity contribution in [2.75, 3.05) is 19.7 Å². The lowest BCUT2D eigenvalue weighted by Crippen LogP contribution is -2.67. The summed E-state index contributed by atoms with van der Waals surface area (Å²) in [6, 6.07) is 4.65. The van der Waals surface area contributed by atoms with Gasteiger partial charge >= 0.3 is 24.1 Å². The highest BCUT2D eigenvalue weighted by Gasteiger charge is 2.66. The lowest BCUT2D eigenvalue weighted by atomic mass is 9.97. The molecule has 3 rings (SSSR count). The highest BCUT2D eigenvalue weighted by atomic mass is 19.4. The minimum atomic E-state index is -5.01. The van der Waals surface area contributed by atoms with Gasteiger partial charge in [0.25, 0.3) is 0 Å². The second kappa shape index (κ2) is 7.16. The molecule has 0 aromatic heterocycles. The molecule has 10 heteroatoms. The van der Waals surface area contributed by atoms with Gasteiger partial charge in [0.2, 0.25) is 0 Å². The molecule has 0 radical (unpaired) electrons. The molecule has 148 valence electrons. The Bertz CT molecular complexity index is 692. The Kier molecular flexibility index (Phi) is 5.07. The predicted octanol–water partition coefficient (Wildman–Crippen LogP) is 2.66. The van der Waals surface area contributed by atoms with Gasteiger partial charge in [0.05, 0.1) is 12.5 Å². The summed E-state index contributed by atoms with van der Waals surface area (Å²) in [7, 11) is 0. The van der Waals surface area contributed by atoms with Gasteiger partial charge in [0, 0.05) is 13.1 Å². The highest BCUT2D eigenvalue weighted by Crippen LogP contribution is 2.45. The number of benzene rings is 1. The van der Waals surface area contributed by atoms with Gasteiger partial charge in [-0.05, 0) is 31.9 Å². The van der Waals surface area contributed by atoms with Crippen molar-refractivity contribution in [3.8, 4) is 11.5 Å². The van der Waals surface area contributed by atoms with E-state index in [0.717, 1.165) is 0 Å². The normalized spacial score (nSPS) is 18.9. The van der Waals surface area contributed by atoms with E-state index in [1.165, 1.54) is 29.2 Å². The largest absolute Gasteiger partial charge is 0.492 e. The first-order valence-corrected chi connectivity index (χ1v) is 8.53.